The predicted octanol–water partition coefficient (Wildman–Crippen LogP) is 6.54. The average molecular weight is 504 g/mol. The summed E-state index contributed by atoms with van der Waals surface area (Å²) in [6.45, 7) is 17.8. The summed E-state index contributed by atoms with van der Waals surface area (Å²) in [4.78, 5) is 20.3. The number of hydrogen-bond donors (Lipinski definition) is 1. The Labute approximate surface area is 219 Å². The van der Waals surface area contributed by atoms with Crippen LogP contribution in [0.25, 0.3) is 22.3 Å². The smallest absolute Gasteiger partial charge is 0.151 e. The van der Waals surface area contributed by atoms with Crippen LogP contribution in [0.3, 0.4) is 0 Å². The van der Waals surface area contributed by atoms with Crippen molar-refractivity contribution in [2.24, 2.45) is 10.9 Å². The monoisotopic (exact) mass is 503 g/mol. The minimum absolute atomic E-state index is 0.163. The first-order valence-electron chi connectivity index (χ1n) is 13.2. The number of allylic oxidation sites excluding steroid dienone is 2. The van der Waals surface area contributed by atoms with Crippen LogP contribution in [0.5, 0.6) is 0 Å². The summed E-state index contributed by atoms with van der Waals surface area (Å²) in [5, 5.41) is 3.25. The van der Waals surface area contributed by atoms with Gasteiger partial charge in [-0.05, 0) is 96.3 Å². The van der Waals surface area contributed by atoms with Crippen molar-refractivity contribution in [3.63, 3.8) is 0 Å². The van der Waals surface area contributed by atoms with Crippen LogP contribution in [0, 0.1) is 18.7 Å². The number of likely N-dealkylation sites (tertiary alicyclic amines) is 1. The Morgan fingerprint density at radius 1 is 1.24 bits per heavy atom. The molecular formula is C29H38FN7. The lowest BCUT2D eigenvalue weighted by Crippen LogP contribution is -2.33. The molecule has 1 N–H and O–H groups in total. The Bertz CT molecular complexity index is 1310. The fraction of sp³-hybridized carbons (Fsp3) is 0.448. The number of rotatable bonds is 9. The third kappa shape index (κ3) is 6.31. The zero-order valence-electron chi connectivity index (χ0n) is 22.6. The average Bonchev–Trinajstić information content (AvgIpc) is 3.23. The van der Waals surface area contributed by atoms with Crippen LogP contribution < -0.4 is 5.32 Å². The molecule has 3 aromatic rings. The van der Waals surface area contributed by atoms with E-state index in [1.807, 2.05) is 36.8 Å². The van der Waals surface area contributed by atoms with E-state index in [9.17, 15) is 4.39 Å². The maximum absolute atomic E-state index is 15.0. The van der Waals surface area contributed by atoms with Gasteiger partial charge >= 0.3 is 0 Å². The van der Waals surface area contributed by atoms with E-state index in [1.54, 1.807) is 6.07 Å². The second-order valence-electron chi connectivity index (χ2n) is 10.0. The number of halogens is 1. The van der Waals surface area contributed by atoms with Crippen LogP contribution in [-0.2, 0) is 0 Å². The number of hydrogen-bond acceptors (Lipinski definition) is 6. The first-order chi connectivity index (χ1) is 17.8. The molecule has 37 heavy (non-hydrogen) atoms. The Kier molecular flexibility index (Phi) is 8.48. The zero-order chi connectivity index (χ0) is 26.5. The van der Waals surface area contributed by atoms with Crippen LogP contribution in [0.2, 0.25) is 0 Å². The van der Waals surface area contributed by atoms with Gasteiger partial charge in [-0.25, -0.2) is 24.3 Å². The maximum Gasteiger partial charge on any atom is 0.151 e. The van der Waals surface area contributed by atoms with Crippen LogP contribution in [0.4, 0.5) is 10.2 Å². The van der Waals surface area contributed by atoms with Crippen LogP contribution >= 0.6 is 0 Å². The summed E-state index contributed by atoms with van der Waals surface area (Å²) in [5.74, 6) is 2.35. The van der Waals surface area contributed by atoms with Gasteiger partial charge in [0.1, 0.15) is 29.3 Å². The topological polar surface area (TPSA) is 71.2 Å². The van der Waals surface area contributed by atoms with E-state index < -0.39 is 0 Å². The fourth-order valence-electron chi connectivity index (χ4n) is 5.05. The first-order valence-corrected chi connectivity index (χ1v) is 13.2. The quantitative estimate of drug-likeness (QED) is 0.336. The molecular weight excluding hydrogens is 465 g/mol. The molecule has 1 aromatic carbocycles. The van der Waals surface area contributed by atoms with Gasteiger partial charge in [-0.2, -0.15) is 0 Å². The van der Waals surface area contributed by atoms with Crippen molar-refractivity contribution >= 4 is 23.1 Å². The Balaban J connectivity index is 1.47. The molecule has 0 saturated carbocycles. The maximum atomic E-state index is 15.0. The number of aliphatic imine (C=N–C) groups is 1. The highest BCUT2D eigenvalue weighted by Crippen LogP contribution is 2.29. The molecule has 0 unspecified atom stereocenters. The third-order valence-corrected chi connectivity index (χ3v) is 7.03. The lowest BCUT2D eigenvalue weighted by atomic mass is 9.91. The highest BCUT2D eigenvalue weighted by atomic mass is 19.1. The van der Waals surface area contributed by atoms with Gasteiger partial charge in [-0.3, -0.25) is 0 Å². The molecule has 0 spiro atoms. The lowest BCUT2D eigenvalue weighted by molar-refractivity contribution is 0.193. The van der Waals surface area contributed by atoms with Crippen molar-refractivity contribution < 1.29 is 4.39 Å². The summed E-state index contributed by atoms with van der Waals surface area (Å²) < 4.78 is 17.0. The molecule has 196 valence electrons. The Hall–Kier alpha value is -3.39. The van der Waals surface area contributed by atoms with Crippen LogP contribution in [-0.4, -0.2) is 50.3 Å². The molecule has 1 aliphatic rings. The first kappa shape index (κ1) is 26.7. The predicted molar refractivity (Wildman–Crippen MR) is 150 cm³/mol. The van der Waals surface area contributed by atoms with Crippen molar-refractivity contribution in [1.29, 1.82) is 0 Å². The fourth-order valence-corrected chi connectivity index (χ4v) is 5.05. The number of piperidine rings is 1. The highest BCUT2D eigenvalue weighted by molar-refractivity contribution is 5.83. The molecule has 1 aliphatic heterocycles. The van der Waals surface area contributed by atoms with Crippen molar-refractivity contribution in [2.45, 2.75) is 59.9 Å². The zero-order valence-corrected chi connectivity index (χ0v) is 22.6. The number of fused-ring (bicyclic) bond motifs is 1. The molecule has 1 saturated heterocycles. The van der Waals surface area contributed by atoms with Gasteiger partial charge in [0, 0.05) is 23.9 Å². The molecule has 0 bridgehead atoms. The molecule has 7 nitrogen and oxygen atoms in total. The summed E-state index contributed by atoms with van der Waals surface area (Å²) in [7, 11) is 0. The molecule has 8 heteroatoms. The normalized spacial score (nSPS) is 15.8. The van der Waals surface area contributed by atoms with E-state index in [2.05, 4.69) is 57.5 Å². The number of aromatic nitrogens is 4. The van der Waals surface area contributed by atoms with E-state index in [1.165, 1.54) is 38.3 Å². The molecule has 0 radical (unpaired) electrons. The van der Waals surface area contributed by atoms with Gasteiger partial charge in [0.15, 0.2) is 5.82 Å². The second kappa shape index (κ2) is 11.8. The number of nitrogens with zero attached hydrogens (tertiary/aromatic N) is 6. The molecule has 0 amide bonds. The highest BCUT2D eigenvalue weighted by Gasteiger charge is 2.19. The molecule has 1 fully saturated rings. The number of aryl methyl sites for hydroxylation is 1. The standard InChI is InChI=1S/C29H38FN7/c1-7-27(31-17-20(5)13-22-9-11-36(8-2)12-10-22)35-28-16-25(32-18-33-28)23-14-24(30)29-26(15-23)37(19(3)4)21(6)34-29/h7,14-19,22H,5,8-13H2,1-4,6H3,(H,32,33,35)/b27-7+,31-17-. The number of anilines is 1. The second-order valence-corrected chi connectivity index (χ2v) is 10.0. The minimum atomic E-state index is -0.360. The van der Waals surface area contributed by atoms with E-state index in [4.69, 9.17) is 0 Å². The SMILES string of the molecule is C=C(/C=N\C(=C/C)Nc1cc(-c2cc(F)c3nc(C)n(C(C)C)c3c2)ncn1)CC1CCN(CC)CC1. The number of nitrogens with one attached hydrogen (secondary N) is 1. The Morgan fingerprint density at radius 2 is 2.00 bits per heavy atom. The molecule has 0 atom stereocenters. The van der Waals surface area contributed by atoms with Gasteiger partial charge in [0.05, 0.1) is 11.2 Å². The van der Waals surface area contributed by atoms with Gasteiger partial charge in [-0.15, -0.1) is 0 Å². The van der Waals surface area contributed by atoms with Crippen molar-refractivity contribution in [1.82, 2.24) is 24.4 Å². The van der Waals surface area contributed by atoms with Gasteiger partial charge in [0.25, 0.3) is 0 Å². The molecule has 4 rings (SSSR count). The van der Waals surface area contributed by atoms with Crippen molar-refractivity contribution in [3.8, 4) is 11.3 Å². The Morgan fingerprint density at radius 3 is 2.68 bits per heavy atom. The summed E-state index contributed by atoms with van der Waals surface area (Å²) in [6.07, 6.45) is 8.60. The lowest BCUT2D eigenvalue weighted by Gasteiger charge is -2.31. The van der Waals surface area contributed by atoms with E-state index >= 15 is 0 Å². The molecule has 0 aliphatic carbocycles. The van der Waals surface area contributed by atoms with Crippen LogP contribution in [0.1, 0.15) is 58.8 Å². The minimum Gasteiger partial charge on any atom is -0.326 e. The van der Waals surface area contributed by atoms with Crippen LogP contribution in [0.15, 0.2) is 53.6 Å². The summed E-state index contributed by atoms with van der Waals surface area (Å²) in [5.41, 5.74) is 3.46. The number of benzene rings is 1. The van der Waals surface area contributed by atoms with Gasteiger partial charge in [-0.1, -0.05) is 13.5 Å². The third-order valence-electron chi connectivity index (χ3n) is 7.03. The van der Waals surface area contributed by atoms with Gasteiger partial charge < -0.3 is 14.8 Å². The van der Waals surface area contributed by atoms with E-state index in [0.717, 1.165) is 29.9 Å². The van der Waals surface area contributed by atoms with Gasteiger partial charge in [0.2, 0.25) is 0 Å². The van der Waals surface area contributed by atoms with E-state index in [0.29, 0.717) is 34.3 Å². The summed E-state index contributed by atoms with van der Waals surface area (Å²) >= 11 is 0. The largest absolute Gasteiger partial charge is 0.326 e. The van der Waals surface area contributed by atoms with Crippen molar-refractivity contribution in [3.05, 3.63) is 60.2 Å². The molecule has 2 aromatic heterocycles. The number of imidazole rings is 1. The van der Waals surface area contributed by atoms with E-state index in [-0.39, 0.29) is 11.9 Å². The van der Waals surface area contributed by atoms with Crippen molar-refractivity contribution in [2.75, 3.05) is 25.0 Å². The summed E-state index contributed by atoms with van der Waals surface area (Å²) in [6, 6.07) is 5.39. The molecule has 3 heterocycles.